The zero-order valence-electron chi connectivity index (χ0n) is 8.82. The molecular formula is C11H16FNOS. The smallest absolute Gasteiger partial charge is 0.0606 e. The van der Waals surface area contributed by atoms with Gasteiger partial charge in [-0.25, -0.2) is 0 Å². The molecule has 0 heterocycles. The molecule has 0 aliphatic carbocycles. The molecule has 2 nitrogen and oxygen atoms in total. The maximum absolute atomic E-state index is 12.0. The third kappa shape index (κ3) is 3.72. The number of aliphatic hydroxyl groups is 1. The number of benzene rings is 1. The predicted octanol–water partition coefficient (Wildman–Crippen LogP) is 2.62. The van der Waals surface area contributed by atoms with Crippen molar-refractivity contribution < 1.29 is 8.99 Å². The van der Waals surface area contributed by atoms with Crippen LogP contribution in [-0.4, -0.2) is 24.8 Å². The lowest BCUT2D eigenvalue weighted by molar-refractivity contribution is 0.302. The van der Waals surface area contributed by atoms with Gasteiger partial charge >= 0.3 is 0 Å². The molecule has 0 fully saturated rings. The fraction of sp³-hybridized carbons (Fsp3) is 0.455. The van der Waals surface area contributed by atoms with Crippen molar-refractivity contribution in [2.24, 2.45) is 0 Å². The average Bonchev–Trinajstić information content (AvgIpc) is 2.28. The van der Waals surface area contributed by atoms with Gasteiger partial charge in [0.2, 0.25) is 0 Å². The molecule has 0 atom stereocenters. The molecule has 1 aromatic rings. The molecule has 0 amide bonds. The largest absolute Gasteiger partial charge is 0.395 e. The van der Waals surface area contributed by atoms with Gasteiger partial charge in [0.1, 0.15) is 0 Å². The summed E-state index contributed by atoms with van der Waals surface area (Å²) in [7, 11) is 0. The highest BCUT2D eigenvalue weighted by Gasteiger charge is 2.02. The Hall–Kier alpha value is -0.740. The van der Waals surface area contributed by atoms with Crippen molar-refractivity contribution in [2.75, 3.05) is 24.6 Å². The van der Waals surface area contributed by atoms with Crippen molar-refractivity contribution in [3.05, 3.63) is 29.8 Å². The molecule has 0 aromatic heterocycles. The minimum absolute atomic E-state index is 0.149. The number of aliphatic hydroxyl groups excluding tert-OH is 1. The number of nitrogens with zero attached hydrogens (tertiary/aromatic N) is 1. The lowest BCUT2D eigenvalue weighted by Gasteiger charge is -2.22. The molecule has 84 valence electrons. The molecule has 0 bridgehead atoms. The van der Waals surface area contributed by atoms with Crippen molar-refractivity contribution in [1.29, 1.82) is 0 Å². The molecule has 0 aliphatic rings. The summed E-state index contributed by atoms with van der Waals surface area (Å²) in [4.78, 5) is 2.08. The highest BCUT2D eigenvalue weighted by atomic mass is 32.2. The highest BCUT2D eigenvalue weighted by Crippen LogP contribution is 2.18. The van der Waals surface area contributed by atoms with E-state index in [0.29, 0.717) is 24.4 Å². The van der Waals surface area contributed by atoms with E-state index < -0.39 is 0 Å². The van der Waals surface area contributed by atoms with Crippen LogP contribution in [0.4, 0.5) is 9.57 Å². The quantitative estimate of drug-likeness (QED) is 0.811. The van der Waals surface area contributed by atoms with Crippen LogP contribution in [0.15, 0.2) is 24.3 Å². The molecule has 0 unspecified atom stereocenters. The fourth-order valence-electron chi connectivity index (χ4n) is 1.46. The van der Waals surface area contributed by atoms with Gasteiger partial charge in [0.15, 0.2) is 0 Å². The Morgan fingerprint density at radius 3 is 2.47 bits per heavy atom. The Kier molecular flexibility index (Phi) is 5.50. The van der Waals surface area contributed by atoms with Gasteiger partial charge in [0.05, 0.1) is 12.4 Å². The summed E-state index contributed by atoms with van der Waals surface area (Å²) >= 11 is 0.331. The monoisotopic (exact) mass is 229 g/mol. The van der Waals surface area contributed by atoms with Gasteiger partial charge in [-0.05, 0) is 24.6 Å². The summed E-state index contributed by atoms with van der Waals surface area (Å²) in [5.74, 6) is 0.395. The van der Waals surface area contributed by atoms with E-state index in [1.54, 1.807) is 0 Å². The predicted molar refractivity (Wildman–Crippen MR) is 63.8 cm³/mol. The van der Waals surface area contributed by atoms with Gasteiger partial charge in [-0.2, -0.15) is 3.89 Å². The molecule has 1 aromatic carbocycles. The summed E-state index contributed by atoms with van der Waals surface area (Å²) in [5, 5.41) is 8.87. The molecule has 1 rings (SSSR count). The van der Waals surface area contributed by atoms with Crippen LogP contribution >= 0.6 is 12.1 Å². The van der Waals surface area contributed by atoms with Gasteiger partial charge in [-0.1, -0.05) is 12.1 Å². The molecular weight excluding hydrogens is 213 g/mol. The summed E-state index contributed by atoms with van der Waals surface area (Å²) in [6.07, 6.45) is 0. The first-order chi connectivity index (χ1) is 7.31. The van der Waals surface area contributed by atoms with Gasteiger partial charge < -0.3 is 10.0 Å². The van der Waals surface area contributed by atoms with Crippen molar-refractivity contribution in [2.45, 2.75) is 12.7 Å². The zero-order chi connectivity index (χ0) is 11.1. The van der Waals surface area contributed by atoms with E-state index in [1.807, 2.05) is 31.2 Å². The van der Waals surface area contributed by atoms with Crippen molar-refractivity contribution in [3.63, 3.8) is 0 Å². The standard InChI is InChI=1S/C11H16FNOS/c1-2-13(7-8-14)11-5-3-10(4-6-11)9-15-12/h3-6,14H,2,7-9H2,1H3. The van der Waals surface area contributed by atoms with Crippen LogP contribution in [0.25, 0.3) is 0 Å². The number of hydrogen-bond acceptors (Lipinski definition) is 3. The lowest BCUT2D eigenvalue weighted by Crippen LogP contribution is -2.25. The molecule has 0 saturated carbocycles. The third-order valence-corrected chi connectivity index (χ3v) is 2.72. The second kappa shape index (κ2) is 6.69. The molecule has 0 aliphatic heterocycles. The number of halogens is 1. The maximum Gasteiger partial charge on any atom is 0.0606 e. The van der Waals surface area contributed by atoms with Crippen LogP contribution in [0.1, 0.15) is 12.5 Å². The Labute approximate surface area is 94.4 Å². The molecule has 0 radical (unpaired) electrons. The van der Waals surface area contributed by atoms with Crippen LogP contribution in [-0.2, 0) is 5.75 Å². The molecule has 4 heteroatoms. The van der Waals surface area contributed by atoms with Crippen LogP contribution in [0.2, 0.25) is 0 Å². The topological polar surface area (TPSA) is 23.5 Å². The number of anilines is 1. The molecule has 1 N–H and O–H groups in total. The Balaban J connectivity index is 2.68. The summed E-state index contributed by atoms with van der Waals surface area (Å²) < 4.78 is 12.0. The van der Waals surface area contributed by atoms with E-state index in [1.165, 1.54) is 0 Å². The van der Waals surface area contributed by atoms with E-state index in [2.05, 4.69) is 4.90 Å². The highest BCUT2D eigenvalue weighted by molar-refractivity contribution is 7.93. The second-order valence-corrected chi connectivity index (χ2v) is 3.73. The lowest BCUT2D eigenvalue weighted by atomic mass is 10.2. The first-order valence-electron chi connectivity index (χ1n) is 5.00. The van der Waals surface area contributed by atoms with Crippen molar-refractivity contribution in [1.82, 2.24) is 0 Å². The third-order valence-electron chi connectivity index (χ3n) is 2.27. The van der Waals surface area contributed by atoms with Crippen LogP contribution < -0.4 is 4.90 Å². The zero-order valence-corrected chi connectivity index (χ0v) is 9.63. The first-order valence-corrected chi connectivity index (χ1v) is 5.88. The van der Waals surface area contributed by atoms with Crippen LogP contribution in [0.3, 0.4) is 0 Å². The van der Waals surface area contributed by atoms with Crippen LogP contribution in [0, 0.1) is 0 Å². The van der Waals surface area contributed by atoms with Gasteiger partial charge in [0.25, 0.3) is 0 Å². The van der Waals surface area contributed by atoms with Crippen LogP contribution in [0.5, 0.6) is 0 Å². The second-order valence-electron chi connectivity index (χ2n) is 3.22. The van der Waals surface area contributed by atoms with Gasteiger partial charge in [-0.3, -0.25) is 0 Å². The summed E-state index contributed by atoms with van der Waals surface area (Å²) in [6.45, 7) is 3.68. The SMILES string of the molecule is CCN(CCO)c1ccc(CSF)cc1. The molecule has 0 spiro atoms. The normalized spacial score (nSPS) is 10.3. The van der Waals surface area contributed by atoms with E-state index in [9.17, 15) is 3.89 Å². The summed E-state index contributed by atoms with van der Waals surface area (Å²) in [6, 6.07) is 7.76. The van der Waals surface area contributed by atoms with E-state index >= 15 is 0 Å². The van der Waals surface area contributed by atoms with Gasteiger partial charge in [0, 0.05) is 30.9 Å². The summed E-state index contributed by atoms with van der Waals surface area (Å²) in [5.41, 5.74) is 2.05. The minimum atomic E-state index is 0.149. The fourth-order valence-corrected chi connectivity index (χ4v) is 1.77. The van der Waals surface area contributed by atoms with E-state index in [0.717, 1.165) is 17.8 Å². The molecule has 15 heavy (non-hydrogen) atoms. The van der Waals surface area contributed by atoms with Crippen molar-refractivity contribution in [3.8, 4) is 0 Å². The Morgan fingerprint density at radius 2 is 2.00 bits per heavy atom. The number of likely N-dealkylation sites (N-methyl/N-ethyl adjacent to an activating group) is 1. The maximum atomic E-state index is 12.0. The van der Waals surface area contributed by atoms with Crippen molar-refractivity contribution >= 4 is 17.8 Å². The number of hydrogen-bond donors (Lipinski definition) is 1. The van der Waals surface area contributed by atoms with E-state index in [-0.39, 0.29) is 6.61 Å². The van der Waals surface area contributed by atoms with E-state index in [4.69, 9.17) is 5.11 Å². The minimum Gasteiger partial charge on any atom is -0.395 e. The first kappa shape index (κ1) is 12.3. The Morgan fingerprint density at radius 1 is 1.33 bits per heavy atom. The Bertz CT molecular complexity index is 278. The average molecular weight is 229 g/mol. The number of rotatable bonds is 6. The van der Waals surface area contributed by atoms with Gasteiger partial charge in [-0.15, -0.1) is 0 Å². The molecule has 0 saturated heterocycles.